The van der Waals surface area contributed by atoms with Gasteiger partial charge in [-0.3, -0.25) is 11.3 Å². The van der Waals surface area contributed by atoms with Crippen LogP contribution in [-0.4, -0.2) is 11.0 Å². The van der Waals surface area contributed by atoms with E-state index in [-0.39, 0.29) is 0 Å². The van der Waals surface area contributed by atoms with Crippen LogP contribution in [0, 0.1) is 25.7 Å². The number of hydrogen-bond donors (Lipinski definition) is 2. The van der Waals surface area contributed by atoms with Gasteiger partial charge < -0.3 is 0 Å². The molecule has 1 aliphatic rings. The molecule has 2 atom stereocenters. The minimum absolute atomic E-state index is 0.373. The summed E-state index contributed by atoms with van der Waals surface area (Å²) >= 11 is 1.80. The molecular weight excluding hydrogens is 218 g/mol. The first-order chi connectivity index (χ1) is 7.61. The lowest BCUT2D eigenvalue weighted by Crippen LogP contribution is -2.42. The molecule has 0 saturated heterocycles. The van der Waals surface area contributed by atoms with E-state index in [1.807, 2.05) is 0 Å². The second kappa shape index (κ2) is 4.82. The van der Waals surface area contributed by atoms with E-state index in [4.69, 9.17) is 5.84 Å². The monoisotopic (exact) mass is 239 g/mol. The first-order valence-corrected chi connectivity index (χ1v) is 6.82. The van der Waals surface area contributed by atoms with Crippen molar-refractivity contribution in [2.45, 2.75) is 46.1 Å². The predicted molar refractivity (Wildman–Crippen MR) is 68.3 cm³/mol. The lowest BCUT2D eigenvalue weighted by molar-refractivity contribution is 0.343. The van der Waals surface area contributed by atoms with Crippen LogP contribution < -0.4 is 11.3 Å². The van der Waals surface area contributed by atoms with Crippen molar-refractivity contribution in [3.05, 3.63) is 15.6 Å². The van der Waals surface area contributed by atoms with Crippen LogP contribution in [0.3, 0.4) is 0 Å². The zero-order chi connectivity index (χ0) is 11.7. The zero-order valence-electron chi connectivity index (χ0n) is 10.3. The molecule has 1 aromatic heterocycles. The highest BCUT2D eigenvalue weighted by Crippen LogP contribution is 2.38. The second-order valence-electron chi connectivity index (χ2n) is 4.92. The van der Waals surface area contributed by atoms with Gasteiger partial charge in [-0.25, -0.2) is 4.98 Å². The summed E-state index contributed by atoms with van der Waals surface area (Å²) in [4.78, 5) is 5.91. The average Bonchev–Trinajstić information content (AvgIpc) is 3.03. The van der Waals surface area contributed by atoms with Crippen LogP contribution >= 0.6 is 11.3 Å². The van der Waals surface area contributed by atoms with E-state index >= 15 is 0 Å². The molecule has 0 aliphatic heterocycles. The third-order valence-electron chi connectivity index (χ3n) is 3.68. The van der Waals surface area contributed by atoms with Crippen LogP contribution in [0.25, 0.3) is 0 Å². The predicted octanol–water partition coefficient (Wildman–Crippen LogP) is 2.18. The number of rotatable bonds is 5. The van der Waals surface area contributed by atoms with E-state index in [1.165, 1.54) is 22.7 Å². The normalized spacial score (nSPS) is 19.8. The molecule has 2 rings (SSSR count). The van der Waals surface area contributed by atoms with Crippen LogP contribution in [0.15, 0.2) is 0 Å². The molecule has 0 amide bonds. The summed E-state index contributed by atoms with van der Waals surface area (Å²) in [6.45, 7) is 6.51. The van der Waals surface area contributed by atoms with Gasteiger partial charge in [-0.1, -0.05) is 6.92 Å². The summed E-state index contributed by atoms with van der Waals surface area (Å²) in [5, 5.41) is 1.21. The molecule has 1 heterocycles. The molecule has 1 aromatic rings. The van der Waals surface area contributed by atoms with Crippen molar-refractivity contribution in [3.8, 4) is 0 Å². The Morgan fingerprint density at radius 1 is 1.50 bits per heavy atom. The van der Waals surface area contributed by atoms with E-state index in [0.717, 1.165) is 18.0 Å². The molecule has 16 heavy (non-hydrogen) atoms. The molecule has 3 N–H and O–H groups in total. The Labute approximate surface area is 101 Å². The fourth-order valence-electron chi connectivity index (χ4n) is 2.16. The lowest BCUT2D eigenvalue weighted by atomic mass is 9.95. The summed E-state index contributed by atoms with van der Waals surface area (Å²) < 4.78 is 0. The molecule has 0 aromatic carbocycles. The zero-order valence-corrected chi connectivity index (χ0v) is 11.1. The largest absolute Gasteiger partial charge is 0.271 e. The number of hydrazine groups is 1. The Hall–Kier alpha value is -0.450. The lowest BCUT2D eigenvalue weighted by Gasteiger charge is -2.21. The van der Waals surface area contributed by atoms with Crippen molar-refractivity contribution in [2.24, 2.45) is 17.7 Å². The van der Waals surface area contributed by atoms with E-state index in [1.54, 1.807) is 11.3 Å². The summed E-state index contributed by atoms with van der Waals surface area (Å²) in [5.41, 5.74) is 4.13. The van der Waals surface area contributed by atoms with Gasteiger partial charge in [0.1, 0.15) is 0 Å². The Kier molecular flexibility index (Phi) is 3.62. The number of aromatic nitrogens is 1. The maximum atomic E-state index is 5.66. The molecule has 4 heteroatoms. The number of aryl methyl sites for hydroxylation is 2. The molecule has 0 spiro atoms. The van der Waals surface area contributed by atoms with Crippen molar-refractivity contribution < 1.29 is 0 Å². The fraction of sp³-hybridized carbons (Fsp3) is 0.750. The van der Waals surface area contributed by atoms with Gasteiger partial charge in [0.05, 0.1) is 10.7 Å². The second-order valence-corrected chi connectivity index (χ2v) is 6.21. The Balaban J connectivity index is 2.00. The SMILES string of the molecule is Cc1nc(CC(NN)C(C)C2CC2)sc1C. The third-order valence-corrected chi connectivity index (χ3v) is 4.78. The van der Waals surface area contributed by atoms with Crippen molar-refractivity contribution in [1.29, 1.82) is 0 Å². The molecule has 2 unspecified atom stereocenters. The van der Waals surface area contributed by atoms with Crippen molar-refractivity contribution in [1.82, 2.24) is 10.4 Å². The highest BCUT2D eigenvalue weighted by atomic mass is 32.1. The first kappa shape index (κ1) is 12.0. The summed E-state index contributed by atoms with van der Waals surface area (Å²) in [6.07, 6.45) is 3.71. The van der Waals surface area contributed by atoms with Gasteiger partial charge in [-0.15, -0.1) is 11.3 Å². The maximum absolute atomic E-state index is 5.66. The number of thiazole rings is 1. The molecule has 1 aliphatic carbocycles. The molecule has 0 bridgehead atoms. The van der Waals surface area contributed by atoms with Gasteiger partial charge >= 0.3 is 0 Å². The van der Waals surface area contributed by atoms with E-state index in [2.05, 4.69) is 31.2 Å². The third kappa shape index (κ3) is 2.62. The summed E-state index contributed by atoms with van der Waals surface area (Å²) in [5.74, 6) is 7.20. The highest BCUT2D eigenvalue weighted by Gasteiger charge is 2.33. The fourth-order valence-corrected chi connectivity index (χ4v) is 3.15. The van der Waals surface area contributed by atoms with Gasteiger partial charge in [0.2, 0.25) is 0 Å². The van der Waals surface area contributed by atoms with Gasteiger partial charge in [0.25, 0.3) is 0 Å². The van der Waals surface area contributed by atoms with Gasteiger partial charge in [0.15, 0.2) is 0 Å². The van der Waals surface area contributed by atoms with E-state index in [0.29, 0.717) is 12.0 Å². The summed E-state index contributed by atoms with van der Waals surface area (Å²) in [6, 6.07) is 0.373. The highest BCUT2D eigenvalue weighted by molar-refractivity contribution is 7.11. The van der Waals surface area contributed by atoms with Gasteiger partial charge in [-0.05, 0) is 38.5 Å². The Morgan fingerprint density at radius 3 is 2.62 bits per heavy atom. The van der Waals surface area contributed by atoms with Crippen molar-refractivity contribution in [2.75, 3.05) is 0 Å². The molecule has 1 saturated carbocycles. The topological polar surface area (TPSA) is 50.9 Å². The van der Waals surface area contributed by atoms with Crippen LogP contribution in [0.1, 0.15) is 35.3 Å². The Morgan fingerprint density at radius 2 is 2.19 bits per heavy atom. The number of nitrogens with one attached hydrogen (secondary N) is 1. The molecule has 0 radical (unpaired) electrons. The minimum atomic E-state index is 0.373. The molecule has 1 fully saturated rings. The quantitative estimate of drug-likeness (QED) is 0.611. The number of nitrogens with two attached hydrogens (primary N) is 1. The maximum Gasteiger partial charge on any atom is 0.0947 e. The van der Waals surface area contributed by atoms with Crippen LogP contribution in [-0.2, 0) is 6.42 Å². The minimum Gasteiger partial charge on any atom is -0.271 e. The number of hydrogen-bond acceptors (Lipinski definition) is 4. The standard InChI is InChI=1S/C12H21N3S/c1-7(10-4-5-10)11(15-13)6-12-14-8(2)9(3)16-12/h7,10-11,15H,4-6,13H2,1-3H3. The van der Waals surface area contributed by atoms with E-state index in [9.17, 15) is 0 Å². The summed E-state index contributed by atoms with van der Waals surface area (Å²) in [7, 11) is 0. The van der Waals surface area contributed by atoms with Gasteiger partial charge in [0, 0.05) is 17.3 Å². The first-order valence-electron chi connectivity index (χ1n) is 6.01. The van der Waals surface area contributed by atoms with Crippen molar-refractivity contribution >= 4 is 11.3 Å². The van der Waals surface area contributed by atoms with Gasteiger partial charge in [-0.2, -0.15) is 0 Å². The van der Waals surface area contributed by atoms with Crippen molar-refractivity contribution in [3.63, 3.8) is 0 Å². The smallest absolute Gasteiger partial charge is 0.0947 e. The van der Waals surface area contributed by atoms with E-state index < -0.39 is 0 Å². The Bertz CT molecular complexity index is 338. The van der Waals surface area contributed by atoms with Crippen LogP contribution in [0.5, 0.6) is 0 Å². The van der Waals surface area contributed by atoms with Crippen LogP contribution in [0.4, 0.5) is 0 Å². The molecule has 90 valence electrons. The molecular formula is C12H21N3S. The number of nitrogens with zero attached hydrogens (tertiary/aromatic N) is 1. The average molecular weight is 239 g/mol. The van der Waals surface area contributed by atoms with Crippen LogP contribution in [0.2, 0.25) is 0 Å². The molecule has 3 nitrogen and oxygen atoms in total.